The Kier molecular flexibility index (Phi) is 8.62. The standard InChI is InChI=1S/C21H24N4O6/c1-2-3-4-8-11-22-21(27)19(15-9-6-5-7-10-15)23-20(26)16-12-17(24(28)29)14-18(13-16)25(30)31/h5-7,9-10,12-14,19H,2-4,8,11H2,1H3,(H,22,27)(H,23,26)/t19-/m0/s1. The number of non-ortho nitro benzene ring substituents is 2. The SMILES string of the molecule is CCCCCCNC(=O)[C@@H](NC(=O)c1cc([N+](=O)[O-])cc([N+](=O)[O-])c1)c1ccccc1. The van der Waals surface area contributed by atoms with Crippen LogP contribution in [0.15, 0.2) is 48.5 Å². The van der Waals surface area contributed by atoms with Crippen molar-refractivity contribution >= 4 is 23.2 Å². The van der Waals surface area contributed by atoms with Crippen molar-refractivity contribution in [1.82, 2.24) is 10.6 Å². The van der Waals surface area contributed by atoms with Crippen molar-refractivity contribution in [2.45, 2.75) is 38.6 Å². The highest BCUT2D eigenvalue weighted by Crippen LogP contribution is 2.23. The van der Waals surface area contributed by atoms with E-state index in [0.717, 1.165) is 43.9 Å². The van der Waals surface area contributed by atoms with E-state index in [1.807, 2.05) is 0 Å². The summed E-state index contributed by atoms with van der Waals surface area (Å²) >= 11 is 0. The molecule has 0 aliphatic heterocycles. The first-order valence-electron chi connectivity index (χ1n) is 9.91. The van der Waals surface area contributed by atoms with Gasteiger partial charge >= 0.3 is 0 Å². The summed E-state index contributed by atoms with van der Waals surface area (Å²) in [7, 11) is 0. The minimum Gasteiger partial charge on any atom is -0.354 e. The van der Waals surface area contributed by atoms with Gasteiger partial charge in [-0.25, -0.2) is 0 Å². The number of carbonyl (C=O) groups excluding carboxylic acids is 2. The molecule has 2 aromatic carbocycles. The molecule has 0 radical (unpaired) electrons. The molecule has 164 valence electrons. The number of nitro benzene ring substituents is 2. The summed E-state index contributed by atoms with van der Waals surface area (Å²) in [6.07, 6.45) is 3.88. The molecule has 0 saturated carbocycles. The van der Waals surface area contributed by atoms with Crippen LogP contribution in [0.25, 0.3) is 0 Å². The topological polar surface area (TPSA) is 144 Å². The number of nitro groups is 2. The summed E-state index contributed by atoms with van der Waals surface area (Å²) in [6.45, 7) is 2.53. The average Bonchev–Trinajstić information content (AvgIpc) is 2.77. The van der Waals surface area contributed by atoms with E-state index in [2.05, 4.69) is 17.6 Å². The van der Waals surface area contributed by atoms with Crippen LogP contribution in [0.3, 0.4) is 0 Å². The number of hydrogen-bond acceptors (Lipinski definition) is 6. The zero-order chi connectivity index (χ0) is 22.8. The van der Waals surface area contributed by atoms with Gasteiger partial charge in [-0.2, -0.15) is 0 Å². The summed E-state index contributed by atoms with van der Waals surface area (Å²) in [5.74, 6) is -1.27. The zero-order valence-corrected chi connectivity index (χ0v) is 17.1. The second-order valence-corrected chi connectivity index (χ2v) is 6.92. The molecule has 0 saturated heterocycles. The van der Waals surface area contributed by atoms with Gasteiger partial charge in [-0.3, -0.25) is 29.8 Å². The number of unbranched alkanes of at least 4 members (excludes halogenated alkanes) is 3. The van der Waals surface area contributed by atoms with Gasteiger partial charge in [-0.1, -0.05) is 56.5 Å². The molecule has 2 amide bonds. The van der Waals surface area contributed by atoms with Gasteiger partial charge in [0.1, 0.15) is 6.04 Å². The molecule has 0 aromatic heterocycles. The fourth-order valence-corrected chi connectivity index (χ4v) is 2.96. The lowest BCUT2D eigenvalue weighted by Crippen LogP contribution is -2.40. The minimum absolute atomic E-state index is 0.280. The largest absolute Gasteiger partial charge is 0.354 e. The lowest BCUT2D eigenvalue weighted by molar-refractivity contribution is -0.394. The summed E-state index contributed by atoms with van der Waals surface area (Å²) in [6, 6.07) is 10.1. The lowest BCUT2D eigenvalue weighted by Gasteiger charge is -2.19. The first-order valence-corrected chi connectivity index (χ1v) is 9.91. The van der Waals surface area contributed by atoms with E-state index in [1.54, 1.807) is 30.3 Å². The Labute approximate surface area is 179 Å². The number of hydrogen-bond donors (Lipinski definition) is 2. The van der Waals surface area contributed by atoms with Crippen molar-refractivity contribution in [3.63, 3.8) is 0 Å². The molecule has 0 aliphatic rings. The minimum atomic E-state index is -1.06. The van der Waals surface area contributed by atoms with Gasteiger partial charge in [0.25, 0.3) is 17.3 Å². The predicted octanol–water partition coefficient (Wildman–Crippen LogP) is 3.67. The van der Waals surface area contributed by atoms with Crippen LogP contribution < -0.4 is 10.6 Å². The van der Waals surface area contributed by atoms with Gasteiger partial charge < -0.3 is 10.6 Å². The van der Waals surface area contributed by atoms with E-state index in [9.17, 15) is 29.8 Å². The van der Waals surface area contributed by atoms with Crippen molar-refractivity contribution in [1.29, 1.82) is 0 Å². The molecule has 0 heterocycles. The normalized spacial score (nSPS) is 11.4. The van der Waals surface area contributed by atoms with E-state index < -0.39 is 39.1 Å². The predicted molar refractivity (Wildman–Crippen MR) is 114 cm³/mol. The highest BCUT2D eigenvalue weighted by Gasteiger charge is 2.25. The smallest absolute Gasteiger partial charge is 0.277 e. The monoisotopic (exact) mass is 428 g/mol. The third-order valence-electron chi connectivity index (χ3n) is 4.59. The van der Waals surface area contributed by atoms with Crippen LogP contribution in [-0.2, 0) is 4.79 Å². The Hall–Kier alpha value is -3.82. The van der Waals surface area contributed by atoms with Crippen molar-refractivity contribution in [3.8, 4) is 0 Å². The molecule has 10 heteroatoms. The van der Waals surface area contributed by atoms with Gasteiger partial charge in [-0.15, -0.1) is 0 Å². The van der Waals surface area contributed by atoms with Crippen LogP contribution in [0.5, 0.6) is 0 Å². The number of carbonyl (C=O) groups is 2. The lowest BCUT2D eigenvalue weighted by atomic mass is 10.0. The average molecular weight is 428 g/mol. The Bertz CT molecular complexity index is 916. The van der Waals surface area contributed by atoms with Gasteiger partial charge in [-0.05, 0) is 12.0 Å². The van der Waals surface area contributed by atoms with Gasteiger partial charge in [0, 0.05) is 18.7 Å². The summed E-state index contributed by atoms with van der Waals surface area (Å²) in [5.41, 5.74) is -0.939. The van der Waals surface area contributed by atoms with E-state index in [4.69, 9.17) is 0 Å². The Balaban J connectivity index is 2.24. The molecule has 31 heavy (non-hydrogen) atoms. The maximum Gasteiger partial charge on any atom is 0.277 e. The van der Waals surface area contributed by atoms with Crippen molar-refractivity contribution < 1.29 is 19.4 Å². The molecule has 2 aromatic rings. The first kappa shape index (κ1) is 23.5. The maximum atomic E-state index is 12.8. The van der Waals surface area contributed by atoms with E-state index in [0.29, 0.717) is 12.1 Å². The van der Waals surface area contributed by atoms with Crippen LogP contribution in [-0.4, -0.2) is 28.2 Å². The van der Waals surface area contributed by atoms with Gasteiger partial charge in [0.05, 0.1) is 21.5 Å². The fraction of sp³-hybridized carbons (Fsp3) is 0.333. The van der Waals surface area contributed by atoms with Crippen molar-refractivity contribution in [2.75, 3.05) is 6.54 Å². The second kappa shape index (κ2) is 11.4. The van der Waals surface area contributed by atoms with Crippen LogP contribution >= 0.6 is 0 Å². The Morgan fingerprint density at radius 1 is 0.935 bits per heavy atom. The fourth-order valence-electron chi connectivity index (χ4n) is 2.96. The van der Waals surface area contributed by atoms with Crippen LogP contribution in [0, 0.1) is 20.2 Å². The molecule has 10 nitrogen and oxygen atoms in total. The summed E-state index contributed by atoms with van der Waals surface area (Å²) in [4.78, 5) is 46.0. The highest BCUT2D eigenvalue weighted by molar-refractivity contribution is 5.98. The maximum absolute atomic E-state index is 12.8. The number of rotatable bonds is 11. The zero-order valence-electron chi connectivity index (χ0n) is 17.1. The first-order chi connectivity index (χ1) is 14.8. The van der Waals surface area contributed by atoms with Crippen LogP contribution in [0.4, 0.5) is 11.4 Å². The third kappa shape index (κ3) is 6.88. The molecule has 0 unspecified atom stereocenters. The van der Waals surface area contributed by atoms with Crippen LogP contribution in [0.1, 0.15) is 54.6 Å². The van der Waals surface area contributed by atoms with E-state index in [1.165, 1.54) is 0 Å². The Morgan fingerprint density at radius 2 is 1.55 bits per heavy atom. The van der Waals surface area contributed by atoms with Gasteiger partial charge in [0.15, 0.2) is 0 Å². The van der Waals surface area contributed by atoms with Crippen LogP contribution in [0.2, 0.25) is 0 Å². The van der Waals surface area contributed by atoms with Crippen molar-refractivity contribution in [3.05, 3.63) is 79.9 Å². The number of nitrogens with zero attached hydrogens (tertiary/aromatic N) is 2. The summed E-state index contributed by atoms with van der Waals surface area (Å²) < 4.78 is 0. The molecular formula is C21H24N4O6. The van der Waals surface area contributed by atoms with Crippen molar-refractivity contribution in [2.24, 2.45) is 0 Å². The molecule has 0 spiro atoms. The Morgan fingerprint density at radius 3 is 2.10 bits per heavy atom. The quantitative estimate of drug-likeness (QED) is 0.317. The highest BCUT2D eigenvalue weighted by atomic mass is 16.6. The summed E-state index contributed by atoms with van der Waals surface area (Å²) in [5, 5.41) is 27.5. The molecule has 0 fully saturated rings. The number of amides is 2. The molecular weight excluding hydrogens is 404 g/mol. The number of nitrogens with one attached hydrogen (secondary N) is 2. The van der Waals surface area contributed by atoms with E-state index >= 15 is 0 Å². The molecule has 0 aliphatic carbocycles. The molecule has 2 N–H and O–H groups in total. The third-order valence-corrected chi connectivity index (χ3v) is 4.59. The second-order valence-electron chi connectivity index (χ2n) is 6.92. The molecule has 0 bridgehead atoms. The van der Waals surface area contributed by atoms with E-state index in [-0.39, 0.29) is 5.56 Å². The molecule has 2 rings (SSSR count). The number of benzene rings is 2. The van der Waals surface area contributed by atoms with Gasteiger partial charge in [0.2, 0.25) is 5.91 Å². The molecule has 1 atom stereocenters.